The number of methoxy groups -OCH3 is 2. The third-order valence-electron chi connectivity index (χ3n) is 4.51. The maximum absolute atomic E-state index is 13.0. The van der Waals surface area contributed by atoms with Crippen molar-refractivity contribution in [3.05, 3.63) is 45.0 Å². The summed E-state index contributed by atoms with van der Waals surface area (Å²) in [4.78, 5) is 22.5. The fourth-order valence-electron chi connectivity index (χ4n) is 2.92. The monoisotopic (exact) mass is 523 g/mol. The van der Waals surface area contributed by atoms with E-state index < -0.39 is 68.6 Å². The SMILES string of the molecule is COc1cc(S(=O)(=O)N(CCF)CCF)cc(NC(=O)c2cc(Cl)c(O)c([N+](=O)[O-])c2)c1OC. The Morgan fingerprint density at radius 3 is 2.29 bits per heavy atom. The second-order valence-electron chi connectivity index (χ2n) is 6.53. The van der Waals surface area contributed by atoms with E-state index >= 15 is 0 Å². The van der Waals surface area contributed by atoms with Crippen LogP contribution in [0.4, 0.5) is 20.2 Å². The van der Waals surface area contributed by atoms with Crippen molar-refractivity contribution in [2.24, 2.45) is 0 Å². The molecule has 34 heavy (non-hydrogen) atoms. The number of halogens is 3. The quantitative estimate of drug-likeness (QED) is 0.337. The van der Waals surface area contributed by atoms with Crippen LogP contribution in [0.25, 0.3) is 0 Å². The van der Waals surface area contributed by atoms with E-state index in [-0.39, 0.29) is 22.7 Å². The molecule has 0 radical (unpaired) electrons. The molecule has 0 aliphatic heterocycles. The first kappa shape index (κ1) is 27.0. The number of nitro benzene ring substituents is 1. The number of anilines is 1. The number of alkyl halides is 2. The van der Waals surface area contributed by atoms with Gasteiger partial charge in [0.2, 0.25) is 15.8 Å². The van der Waals surface area contributed by atoms with Gasteiger partial charge >= 0.3 is 5.69 Å². The number of phenols is 1. The van der Waals surface area contributed by atoms with Gasteiger partial charge in [0.15, 0.2) is 11.5 Å². The average molecular weight is 524 g/mol. The van der Waals surface area contributed by atoms with Crippen LogP contribution < -0.4 is 14.8 Å². The Hall–Kier alpha value is -3.23. The number of aromatic hydroxyl groups is 1. The summed E-state index contributed by atoms with van der Waals surface area (Å²) >= 11 is 5.77. The van der Waals surface area contributed by atoms with Crippen molar-refractivity contribution in [2.75, 3.05) is 46.0 Å². The van der Waals surface area contributed by atoms with E-state index in [9.17, 15) is 37.2 Å². The summed E-state index contributed by atoms with van der Waals surface area (Å²) in [6, 6.07) is 3.77. The number of hydrogen-bond acceptors (Lipinski definition) is 8. The summed E-state index contributed by atoms with van der Waals surface area (Å²) in [5, 5.41) is 22.7. The summed E-state index contributed by atoms with van der Waals surface area (Å²) in [6.45, 7) is -3.32. The fraction of sp³-hybridized carbons (Fsp3) is 0.316. The number of amides is 1. The highest BCUT2D eigenvalue weighted by molar-refractivity contribution is 7.89. The maximum Gasteiger partial charge on any atom is 0.313 e. The van der Waals surface area contributed by atoms with Crippen LogP contribution in [-0.2, 0) is 10.0 Å². The van der Waals surface area contributed by atoms with Crippen molar-refractivity contribution in [1.29, 1.82) is 0 Å². The van der Waals surface area contributed by atoms with E-state index in [4.69, 9.17) is 21.1 Å². The number of carbonyl (C=O) groups is 1. The number of benzene rings is 2. The second kappa shape index (κ2) is 11.3. The van der Waals surface area contributed by atoms with Gasteiger partial charge in [-0.1, -0.05) is 11.6 Å². The minimum Gasteiger partial charge on any atom is -0.501 e. The third kappa shape index (κ3) is 5.63. The molecule has 0 aliphatic carbocycles. The molecule has 0 fully saturated rings. The molecule has 1 amide bonds. The van der Waals surface area contributed by atoms with Crippen LogP contribution in [0, 0.1) is 10.1 Å². The fourth-order valence-corrected chi connectivity index (χ4v) is 4.57. The first-order valence-corrected chi connectivity index (χ1v) is 11.2. The van der Waals surface area contributed by atoms with Crippen LogP contribution in [0.5, 0.6) is 17.2 Å². The van der Waals surface area contributed by atoms with E-state index in [2.05, 4.69) is 5.32 Å². The Labute approximate surface area is 198 Å². The van der Waals surface area contributed by atoms with Crippen LogP contribution in [0.2, 0.25) is 5.02 Å². The summed E-state index contributed by atoms with van der Waals surface area (Å²) in [5.74, 6) is -2.04. The minimum atomic E-state index is -4.41. The van der Waals surface area contributed by atoms with Gasteiger partial charge in [-0.05, 0) is 12.1 Å². The van der Waals surface area contributed by atoms with Crippen LogP contribution in [0.3, 0.4) is 0 Å². The zero-order valence-electron chi connectivity index (χ0n) is 17.9. The molecule has 0 aliphatic rings. The lowest BCUT2D eigenvalue weighted by Gasteiger charge is -2.21. The van der Waals surface area contributed by atoms with E-state index in [0.29, 0.717) is 4.31 Å². The standard InChI is InChI=1S/C19H20ClF2N3O8S/c1-32-16-10-12(34(30,31)24(5-3-21)6-4-22)9-14(18(16)33-2)23-19(27)11-7-13(20)17(26)15(8-11)25(28)29/h7-10,26H,3-6H2,1-2H3,(H,23,27). The van der Waals surface area contributed by atoms with Gasteiger partial charge in [-0.2, -0.15) is 4.31 Å². The van der Waals surface area contributed by atoms with Gasteiger partial charge in [0, 0.05) is 30.8 Å². The van der Waals surface area contributed by atoms with Crippen molar-refractivity contribution in [3.63, 3.8) is 0 Å². The number of carbonyl (C=O) groups excluding carboxylic acids is 1. The molecule has 0 aromatic heterocycles. The molecule has 0 saturated heterocycles. The lowest BCUT2D eigenvalue weighted by Crippen LogP contribution is -2.34. The molecule has 2 aromatic rings. The van der Waals surface area contributed by atoms with Gasteiger partial charge in [0.1, 0.15) is 13.3 Å². The molecule has 0 heterocycles. The number of ether oxygens (including phenoxy) is 2. The molecule has 0 unspecified atom stereocenters. The van der Waals surface area contributed by atoms with Gasteiger partial charge in [-0.3, -0.25) is 14.9 Å². The lowest BCUT2D eigenvalue weighted by molar-refractivity contribution is -0.385. The number of nitrogens with one attached hydrogen (secondary N) is 1. The first-order chi connectivity index (χ1) is 16.0. The number of phenolic OH excluding ortho intramolecular Hbond substituents is 1. The van der Waals surface area contributed by atoms with E-state index in [1.807, 2.05) is 0 Å². The smallest absolute Gasteiger partial charge is 0.313 e. The highest BCUT2D eigenvalue weighted by atomic mass is 35.5. The normalized spacial score (nSPS) is 11.4. The van der Waals surface area contributed by atoms with Gasteiger partial charge in [0.25, 0.3) is 5.91 Å². The molecule has 0 atom stereocenters. The van der Waals surface area contributed by atoms with Crippen LogP contribution in [-0.4, -0.2) is 69.3 Å². The molecule has 0 saturated carbocycles. The Bertz CT molecular complexity index is 1190. The van der Waals surface area contributed by atoms with Gasteiger partial charge in [-0.25, -0.2) is 17.2 Å². The molecule has 2 rings (SSSR count). The second-order valence-corrected chi connectivity index (χ2v) is 8.87. The Kier molecular flexibility index (Phi) is 8.95. The predicted octanol–water partition coefficient (Wildman–Crippen LogP) is 3.15. The summed E-state index contributed by atoms with van der Waals surface area (Å²) in [7, 11) is -2.00. The molecule has 2 N–H and O–H groups in total. The van der Waals surface area contributed by atoms with Gasteiger partial charge in [0.05, 0.1) is 34.7 Å². The van der Waals surface area contributed by atoms with Gasteiger partial charge < -0.3 is 19.9 Å². The predicted molar refractivity (Wildman–Crippen MR) is 118 cm³/mol. The average Bonchev–Trinajstić information content (AvgIpc) is 2.79. The van der Waals surface area contributed by atoms with Crippen molar-refractivity contribution in [1.82, 2.24) is 4.31 Å². The zero-order valence-corrected chi connectivity index (χ0v) is 19.5. The third-order valence-corrected chi connectivity index (χ3v) is 6.67. The van der Waals surface area contributed by atoms with Crippen molar-refractivity contribution in [2.45, 2.75) is 4.90 Å². The summed E-state index contributed by atoms with van der Waals surface area (Å²) in [6.07, 6.45) is 0. The molecule has 11 nitrogen and oxygen atoms in total. The van der Waals surface area contributed by atoms with E-state index in [0.717, 1.165) is 24.3 Å². The molecular weight excluding hydrogens is 504 g/mol. The highest BCUT2D eigenvalue weighted by Gasteiger charge is 2.28. The van der Waals surface area contributed by atoms with Crippen molar-refractivity contribution >= 4 is 38.9 Å². The number of nitrogens with zero attached hydrogens (tertiary/aromatic N) is 2. The summed E-state index contributed by atoms with van der Waals surface area (Å²) in [5.41, 5.74) is -1.38. The molecule has 0 bridgehead atoms. The Morgan fingerprint density at radius 1 is 1.18 bits per heavy atom. The van der Waals surface area contributed by atoms with E-state index in [1.165, 1.54) is 14.2 Å². The van der Waals surface area contributed by atoms with Crippen LogP contribution in [0.15, 0.2) is 29.2 Å². The largest absolute Gasteiger partial charge is 0.501 e. The van der Waals surface area contributed by atoms with Crippen molar-refractivity contribution < 1.29 is 41.5 Å². The molecule has 2 aromatic carbocycles. The topological polar surface area (TPSA) is 148 Å². The highest BCUT2D eigenvalue weighted by Crippen LogP contribution is 2.40. The molecule has 15 heteroatoms. The van der Waals surface area contributed by atoms with Gasteiger partial charge in [-0.15, -0.1) is 0 Å². The van der Waals surface area contributed by atoms with E-state index in [1.54, 1.807) is 0 Å². The zero-order chi connectivity index (χ0) is 25.6. The lowest BCUT2D eigenvalue weighted by atomic mass is 10.1. The molecule has 186 valence electrons. The Balaban J connectivity index is 2.59. The first-order valence-electron chi connectivity index (χ1n) is 9.38. The number of nitro groups is 1. The molecule has 0 spiro atoms. The Morgan fingerprint density at radius 2 is 1.79 bits per heavy atom. The summed E-state index contributed by atoms with van der Waals surface area (Å²) < 4.78 is 62.5. The number of rotatable bonds is 11. The molecular formula is C19H20ClF2N3O8S. The van der Waals surface area contributed by atoms with Crippen molar-refractivity contribution in [3.8, 4) is 17.2 Å². The van der Waals surface area contributed by atoms with Crippen LogP contribution >= 0.6 is 11.6 Å². The maximum atomic E-state index is 13.0. The number of sulfonamides is 1. The minimum absolute atomic E-state index is 0.100. The van der Waals surface area contributed by atoms with Crippen LogP contribution in [0.1, 0.15) is 10.4 Å². The number of hydrogen-bond donors (Lipinski definition) is 2.